The highest BCUT2D eigenvalue weighted by atomic mass is 35.5. The third-order valence-corrected chi connectivity index (χ3v) is 6.75. The Morgan fingerprint density at radius 3 is 2.41 bits per heavy atom. The minimum atomic E-state index is -4.27. The lowest BCUT2D eigenvalue weighted by Gasteiger charge is -2.15. The summed E-state index contributed by atoms with van der Waals surface area (Å²) >= 11 is 12.7. The molecule has 0 saturated carbocycles. The van der Waals surface area contributed by atoms with E-state index in [2.05, 4.69) is 25.7 Å². The van der Waals surface area contributed by atoms with Crippen molar-refractivity contribution < 1.29 is 17.2 Å². The molecule has 0 spiro atoms. The van der Waals surface area contributed by atoms with Crippen LogP contribution in [-0.4, -0.2) is 33.0 Å². The second-order valence-electron chi connectivity index (χ2n) is 6.92. The van der Waals surface area contributed by atoms with Crippen LogP contribution in [0, 0.1) is 11.6 Å². The molecule has 0 aliphatic rings. The van der Waals surface area contributed by atoms with E-state index in [1.807, 2.05) is 11.6 Å². The first-order chi connectivity index (χ1) is 16.2. The third kappa shape index (κ3) is 7.57. The van der Waals surface area contributed by atoms with Crippen LogP contribution in [-0.2, 0) is 16.8 Å². The van der Waals surface area contributed by atoms with Gasteiger partial charge >= 0.3 is 10.2 Å². The fraction of sp³-hybridized carbons (Fsp3) is 0.250. The van der Waals surface area contributed by atoms with Crippen molar-refractivity contribution in [1.82, 2.24) is 10.3 Å². The Balaban J connectivity index is 1.68. The van der Waals surface area contributed by atoms with Gasteiger partial charge in [-0.05, 0) is 24.2 Å². The fourth-order valence-electron chi connectivity index (χ4n) is 2.87. The zero-order chi connectivity index (χ0) is 24.7. The predicted molar refractivity (Wildman–Crippen MR) is 135 cm³/mol. The molecule has 1 heterocycles. The summed E-state index contributed by atoms with van der Waals surface area (Å²) in [5, 5.41) is 9.81. The van der Waals surface area contributed by atoms with Crippen LogP contribution in [0.1, 0.15) is 12.5 Å². The molecule has 0 fully saturated rings. The molecule has 0 radical (unpaired) electrons. The van der Waals surface area contributed by atoms with E-state index in [1.165, 1.54) is 6.20 Å². The van der Waals surface area contributed by atoms with E-state index in [0.717, 1.165) is 47.8 Å². The van der Waals surface area contributed by atoms with Gasteiger partial charge in [0, 0.05) is 42.5 Å². The monoisotopic (exact) mass is 550 g/mol. The van der Waals surface area contributed by atoms with Crippen molar-refractivity contribution in [3.63, 3.8) is 0 Å². The van der Waals surface area contributed by atoms with Gasteiger partial charge in [0.05, 0.1) is 17.6 Å². The Labute approximate surface area is 210 Å². The van der Waals surface area contributed by atoms with Crippen molar-refractivity contribution in [2.45, 2.75) is 13.5 Å². The van der Waals surface area contributed by atoms with Crippen LogP contribution in [0.4, 0.5) is 31.0 Å². The van der Waals surface area contributed by atoms with Crippen molar-refractivity contribution >= 4 is 66.9 Å². The molecule has 14 heteroatoms. The first-order valence-corrected chi connectivity index (χ1v) is 13.1. The highest BCUT2D eigenvalue weighted by Crippen LogP contribution is 2.28. The van der Waals surface area contributed by atoms with Gasteiger partial charge in [-0.1, -0.05) is 47.5 Å². The summed E-state index contributed by atoms with van der Waals surface area (Å²) in [5.74, 6) is -1.81. The Morgan fingerprint density at radius 2 is 1.71 bits per heavy atom. The number of hydrogen-bond donors (Lipinski definition) is 5. The number of anilines is 4. The molecule has 0 aliphatic carbocycles. The fourth-order valence-corrected chi connectivity index (χ4v) is 4.98. The average Bonchev–Trinajstić information content (AvgIpc) is 3.17. The van der Waals surface area contributed by atoms with E-state index >= 15 is 0 Å². The van der Waals surface area contributed by atoms with Crippen LogP contribution in [0.5, 0.6) is 0 Å². The Bertz CT molecular complexity index is 1240. The van der Waals surface area contributed by atoms with Crippen LogP contribution in [0.25, 0.3) is 0 Å². The maximum absolute atomic E-state index is 14.6. The van der Waals surface area contributed by atoms with E-state index in [0.29, 0.717) is 11.6 Å². The Kier molecular flexibility index (Phi) is 9.14. The lowest BCUT2D eigenvalue weighted by molar-refractivity contribution is 0.598. The molecule has 3 aromatic rings. The van der Waals surface area contributed by atoms with Crippen LogP contribution in [0.2, 0.25) is 9.36 Å². The SMILES string of the molecule is CCNCCNc1cc(Cl)ccc1CNc1cc(F)c(NS(=O)(=O)Nc2ncc(Cl)s2)cc1F. The quantitative estimate of drug-likeness (QED) is 0.200. The van der Waals surface area contributed by atoms with E-state index in [-0.39, 0.29) is 21.7 Å². The summed E-state index contributed by atoms with van der Waals surface area (Å²) < 4.78 is 57.9. The van der Waals surface area contributed by atoms with Gasteiger partial charge in [0.25, 0.3) is 0 Å². The van der Waals surface area contributed by atoms with Gasteiger partial charge in [0.15, 0.2) is 5.13 Å². The number of rotatable bonds is 12. The largest absolute Gasteiger partial charge is 0.383 e. The molecule has 0 aliphatic heterocycles. The second-order valence-corrected chi connectivity index (χ2v) is 10.4. The normalized spacial score (nSPS) is 11.3. The van der Waals surface area contributed by atoms with Gasteiger partial charge in [-0.15, -0.1) is 0 Å². The predicted octanol–water partition coefficient (Wildman–Crippen LogP) is 5.13. The van der Waals surface area contributed by atoms with Gasteiger partial charge in [-0.25, -0.2) is 18.5 Å². The van der Waals surface area contributed by atoms with Crippen LogP contribution in [0.15, 0.2) is 36.5 Å². The molecular weight excluding hydrogens is 529 g/mol. The number of thiazole rings is 1. The van der Waals surface area contributed by atoms with Crippen molar-refractivity contribution in [2.75, 3.05) is 39.7 Å². The smallest absolute Gasteiger partial charge is 0.323 e. The summed E-state index contributed by atoms with van der Waals surface area (Å²) in [5.41, 5.74) is 0.859. The first kappa shape index (κ1) is 26.2. The van der Waals surface area contributed by atoms with Gasteiger partial charge in [0.1, 0.15) is 16.0 Å². The molecule has 2 aromatic carbocycles. The number of hydrogen-bond acceptors (Lipinski definition) is 7. The summed E-state index contributed by atoms with van der Waals surface area (Å²) in [4.78, 5) is 3.75. The van der Waals surface area contributed by atoms with Crippen molar-refractivity contribution in [1.29, 1.82) is 0 Å². The highest BCUT2D eigenvalue weighted by molar-refractivity contribution is 7.94. The molecule has 0 amide bonds. The molecule has 5 N–H and O–H groups in total. The zero-order valence-corrected chi connectivity index (χ0v) is 21.0. The Morgan fingerprint density at radius 1 is 0.971 bits per heavy atom. The maximum atomic E-state index is 14.6. The zero-order valence-electron chi connectivity index (χ0n) is 17.9. The molecule has 34 heavy (non-hydrogen) atoms. The molecule has 0 unspecified atom stereocenters. The molecular formula is C20H22Cl2F2N6O2S2. The molecule has 3 rings (SSSR count). The number of halogens is 4. The van der Waals surface area contributed by atoms with E-state index in [4.69, 9.17) is 23.2 Å². The summed E-state index contributed by atoms with van der Waals surface area (Å²) in [6.07, 6.45) is 1.26. The van der Waals surface area contributed by atoms with Gasteiger partial charge in [-0.3, -0.25) is 4.72 Å². The minimum absolute atomic E-state index is 0.0190. The van der Waals surface area contributed by atoms with Gasteiger partial charge in [-0.2, -0.15) is 8.42 Å². The summed E-state index contributed by atoms with van der Waals surface area (Å²) in [7, 11) is -4.27. The topological polar surface area (TPSA) is 107 Å². The van der Waals surface area contributed by atoms with Gasteiger partial charge < -0.3 is 16.0 Å². The van der Waals surface area contributed by atoms with Gasteiger partial charge in [0.2, 0.25) is 0 Å². The average molecular weight is 551 g/mol. The van der Waals surface area contributed by atoms with Crippen LogP contribution >= 0.6 is 34.5 Å². The number of aromatic nitrogens is 1. The van der Waals surface area contributed by atoms with Crippen LogP contribution < -0.4 is 25.4 Å². The molecule has 0 bridgehead atoms. The standard InChI is InChI=1S/C20H22Cl2F2N6O2S2/c1-2-25-5-6-26-16-7-13(21)4-3-12(16)10-27-17-8-15(24)18(9-14(17)23)29-34(31,32)30-20-28-11-19(22)33-20/h3-4,7-9,11,25-27,29H,2,5-6,10H2,1H3,(H,28,30). The van der Waals surface area contributed by atoms with E-state index in [9.17, 15) is 17.2 Å². The van der Waals surface area contributed by atoms with E-state index < -0.39 is 27.5 Å². The number of likely N-dealkylation sites (N-methyl/N-ethyl adjacent to an activating group) is 1. The molecule has 0 saturated heterocycles. The van der Waals surface area contributed by atoms with Crippen molar-refractivity contribution in [3.8, 4) is 0 Å². The number of nitrogens with one attached hydrogen (secondary N) is 5. The second kappa shape index (κ2) is 11.8. The minimum Gasteiger partial charge on any atom is -0.383 e. The number of nitrogens with zero attached hydrogens (tertiary/aromatic N) is 1. The maximum Gasteiger partial charge on any atom is 0.323 e. The third-order valence-electron chi connectivity index (χ3n) is 4.41. The Hall–Kier alpha value is -2.38. The first-order valence-electron chi connectivity index (χ1n) is 10.0. The lowest BCUT2D eigenvalue weighted by Crippen LogP contribution is -2.22. The molecule has 0 atom stereocenters. The summed E-state index contributed by atoms with van der Waals surface area (Å²) in [6, 6.07) is 6.86. The van der Waals surface area contributed by atoms with Crippen molar-refractivity contribution in [2.24, 2.45) is 0 Å². The lowest BCUT2D eigenvalue weighted by atomic mass is 10.1. The molecule has 184 valence electrons. The van der Waals surface area contributed by atoms with E-state index in [1.54, 1.807) is 18.2 Å². The molecule has 1 aromatic heterocycles. The summed E-state index contributed by atoms with van der Waals surface area (Å²) in [6.45, 7) is 4.43. The highest BCUT2D eigenvalue weighted by Gasteiger charge is 2.18. The van der Waals surface area contributed by atoms with Crippen molar-refractivity contribution in [3.05, 3.63) is 63.1 Å². The van der Waals surface area contributed by atoms with Crippen LogP contribution in [0.3, 0.4) is 0 Å². The number of benzene rings is 2. The molecule has 8 nitrogen and oxygen atoms in total.